The second-order valence-electron chi connectivity index (χ2n) is 7.64. The Kier molecular flexibility index (Phi) is 5.48. The first-order chi connectivity index (χ1) is 14.8. The Morgan fingerprint density at radius 3 is 2.45 bits per heavy atom. The highest BCUT2D eigenvalue weighted by Crippen LogP contribution is 2.24. The van der Waals surface area contributed by atoms with E-state index in [0.717, 1.165) is 22.2 Å². The van der Waals surface area contributed by atoms with E-state index in [1.165, 1.54) is 16.4 Å². The lowest BCUT2D eigenvalue weighted by Crippen LogP contribution is -2.50. The smallest absolute Gasteiger partial charge is 0.254 e. The third kappa shape index (κ3) is 3.90. The Morgan fingerprint density at radius 2 is 1.74 bits per heavy atom. The van der Waals surface area contributed by atoms with Crippen LogP contribution in [0, 0.1) is 25.2 Å². The summed E-state index contributed by atoms with van der Waals surface area (Å²) >= 11 is 0. The van der Waals surface area contributed by atoms with Crippen LogP contribution < -0.4 is 0 Å². The van der Waals surface area contributed by atoms with E-state index in [0.29, 0.717) is 5.56 Å². The van der Waals surface area contributed by atoms with E-state index in [-0.39, 0.29) is 42.5 Å². The van der Waals surface area contributed by atoms with Gasteiger partial charge >= 0.3 is 0 Å². The number of aryl methyl sites for hydroxylation is 2. The summed E-state index contributed by atoms with van der Waals surface area (Å²) in [5.74, 6) is -0.129. The Morgan fingerprint density at radius 1 is 1.03 bits per heavy atom. The third-order valence-electron chi connectivity index (χ3n) is 5.47. The summed E-state index contributed by atoms with van der Waals surface area (Å²) in [6.45, 7) is 4.73. The third-order valence-corrected chi connectivity index (χ3v) is 7.43. The van der Waals surface area contributed by atoms with Crippen molar-refractivity contribution in [3.8, 4) is 6.07 Å². The van der Waals surface area contributed by atoms with Gasteiger partial charge in [-0.05, 0) is 44.2 Å². The van der Waals surface area contributed by atoms with Crippen LogP contribution in [-0.2, 0) is 10.0 Å². The fourth-order valence-corrected chi connectivity index (χ4v) is 5.44. The first kappa shape index (κ1) is 21.0. The first-order valence-corrected chi connectivity index (χ1v) is 11.4. The van der Waals surface area contributed by atoms with Gasteiger partial charge in [0.05, 0.1) is 21.5 Å². The van der Waals surface area contributed by atoms with Gasteiger partial charge in [0, 0.05) is 37.3 Å². The zero-order valence-corrected chi connectivity index (χ0v) is 18.2. The molecular formula is C23H22N4O3S. The number of pyridine rings is 1. The molecule has 0 saturated carbocycles. The molecule has 0 unspecified atom stereocenters. The predicted octanol–water partition coefficient (Wildman–Crippen LogP) is 2.87. The number of aromatic nitrogens is 1. The molecule has 8 heteroatoms. The summed E-state index contributed by atoms with van der Waals surface area (Å²) in [5, 5.41) is 10.1. The molecule has 3 aromatic rings. The van der Waals surface area contributed by atoms with Crippen molar-refractivity contribution in [2.75, 3.05) is 26.2 Å². The molecule has 1 aromatic heterocycles. The molecule has 0 spiro atoms. The molecule has 1 fully saturated rings. The van der Waals surface area contributed by atoms with Crippen LogP contribution in [0.4, 0.5) is 0 Å². The second kappa shape index (κ2) is 8.10. The number of nitriles is 1. The molecule has 0 bridgehead atoms. The van der Waals surface area contributed by atoms with Crippen LogP contribution in [0.1, 0.15) is 27.2 Å². The number of rotatable bonds is 3. The van der Waals surface area contributed by atoms with E-state index in [1.54, 1.807) is 23.1 Å². The van der Waals surface area contributed by atoms with E-state index in [1.807, 2.05) is 38.1 Å². The number of hydrogen-bond acceptors (Lipinski definition) is 5. The van der Waals surface area contributed by atoms with E-state index < -0.39 is 10.0 Å². The van der Waals surface area contributed by atoms with Gasteiger partial charge in [-0.1, -0.05) is 23.8 Å². The molecule has 4 rings (SSSR count). The van der Waals surface area contributed by atoms with Crippen molar-refractivity contribution in [2.24, 2.45) is 0 Å². The number of benzene rings is 2. The SMILES string of the molecule is Cc1ccc2nc(C)cc(C(=O)N3CCN(S(=O)(=O)c4ccccc4C#N)CC3)c2c1. The first-order valence-electron chi connectivity index (χ1n) is 9.98. The largest absolute Gasteiger partial charge is 0.336 e. The summed E-state index contributed by atoms with van der Waals surface area (Å²) in [7, 11) is -3.80. The van der Waals surface area contributed by atoms with Crippen molar-refractivity contribution in [3.63, 3.8) is 0 Å². The lowest BCUT2D eigenvalue weighted by atomic mass is 10.0. The molecule has 1 saturated heterocycles. The van der Waals surface area contributed by atoms with Gasteiger partial charge in [0.2, 0.25) is 10.0 Å². The summed E-state index contributed by atoms with van der Waals surface area (Å²) < 4.78 is 27.4. The number of amides is 1. The van der Waals surface area contributed by atoms with Gasteiger partial charge in [-0.3, -0.25) is 9.78 Å². The van der Waals surface area contributed by atoms with E-state index >= 15 is 0 Å². The van der Waals surface area contributed by atoms with Crippen molar-refractivity contribution in [3.05, 3.63) is 70.9 Å². The van der Waals surface area contributed by atoms with Crippen LogP contribution in [0.3, 0.4) is 0 Å². The molecule has 1 aliphatic heterocycles. The number of carbonyl (C=O) groups is 1. The maximum absolute atomic E-state index is 13.3. The summed E-state index contributed by atoms with van der Waals surface area (Å²) in [6.07, 6.45) is 0. The monoisotopic (exact) mass is 434 g/mol. The molecular weight excluding hydrogens is 412 g/mol. The Balaban J connectivity index is 1.57. The minimum absolute atomic E-state index is 0.00324. The summed E-state index contributed by atoms with van der Waals surface area (Å²) in [6, 6.07) is 15.7. The minimum Gasteiger partial charge on any atom is -0.336 e. The van der Waals surface area contributed by atoms with Crippen molar-refractivity contribution in [2.45, 2.75) is 18.7 Å². The zero-order chi connectivity index (χ0) is 22.2. The predicted molar refractivity (Wildman–Crippen MR) is 117 cm³/mol. The molecule has 0 N–H and O–H groups in total. The normalized spacial score (nSPS) is 15.1. The van der Waals surface area contributed by atoms with Crippen molar-refractivity contribution < 1.29 is 13.2 Å². The van der Waals surface area contributed by atoms with Crippen LogP contribution in [0.15, 0.2) is 53.4 Å². The zero-order valence-electron chi connectivity index (χ0n) is 17.4. The second-order valence-corrected chi connectivity index (χ2v) is 9.54. The average Bonchev–Trinajstić information content (AvgIpc) is 2.78. The molecule has 7 nitrogen and oxygen atoms in total. The lowest BCUT2D eigenvalue weighted by Gasteiger charge is -2.34. The van der Waals surface area contributed by atoms with Crippen LogP contribution >= 0.6 is 0 Å². The highest BCUT2D eigenvalue weighted by atomic mass is 32.2. The van der Waals surface area contributed by atoms with E-state index in [9.17, 15) is 18.5 Å². The Bertz CT molecular complexity index is 1320. The highest BCUT2D eigenvalue weighted by molar-refractivity contribution is 7.89. The van der Waals surface area contributed by atoms with Gasteiger partial charge < -0.3 is 4.90 Å². The lowest BCUT2D eigenvalue weighted by molar-refractivity contribution is 0.0699. The molecule has 2 heterocycles. The minimum atomic E-state index is -3.80. The van der Waals surface area contributed by atoms with Crippen LogP contribution in [-0.4, -0.2) is 54.7 Å². The topological polar surface area (TPSA) is 94.4 Å². The number of sulfonamides is 1. The maximum atomic E-state index is 13.3. The fraction of sp³-hybridized carbons (Fsp3) is 0.261. The molecule has 0 radical (unpaired) electrons. The highest BCUT2D eigenvalue weighted by Gasteiger charge is 2.32. The summed E-state index contributed by atoms with van der Waals surface area (Å²) in [4.78, 5) is 19.5. The number of carbonyl (C=O) groups excluding carboxylic acids is 1. The quantitative estimate of drug-likeness (QED) is 0.632. The number of piperazine rings is 1. The van der Waals surface area contributed by atoms with Gasteiger partial charge in [-0.15, -0.1) is 0 Å². The molecule has 0 atom stereocenters. The van der Waals surface area contributed by atoms with Crippen molar-refractivity contribution in [1.82, 2.24) is 14.2 Å². The van der Waals surface area contributed by atoms with Gasteiger partial charge in [0.1, 0.15) is 6.07 Å². The molecule has 158 valence electrons. The fourth-order valence-electron chi connectivity index (χ4n) is 3.87. The number of hydrogen-bond donors (Lipinski definition) is 0. The maximum Gasteiger partial charge on any atom is 0.254 e. The van der Waals surface area contributed by atoms with Gasteiger partial charge in [-0.2, -0.15) is 9.57 Å². The van der Waals surface area contributed by atoms with Crippen LogP contribution in [0.25, 0.3) is 10.9 Å². The van der Waals surface area contributed by atoms with Gasteiger partial charge in [0.25, 0.3) is 5.91 Å². The van der Waals surface area contributed by atoms with Gasteiger partial charge in [0.15, 0.2) is 0 Å². The van der Waals surface area contributed by atoms with Crippen molar-refractivity contribution in [1.29, 1.82) is 5.26 Å². The standard InChI is InChI=1S/C23H22N4O3S/c1-16-7-8-21-19(13-16)20(14-17(2)25-21)23(28)26-9-11-27(12-10-26)31(29,30)22-6-4-3-5-18(22)15-24/h3-8,13-14H,9-12H2,1-2H3. The van der Waals surface area contributed by atoms with Crippen molar-refractivity contribution >= 4 is 26.8 Å². The van der Waals surface area contributed by atoms with E-state index in [4.69, 9.17) is 0 Å². The Labute approximate surface area is 181 Å². The van der Waals surface area contributed by atoms with E-state index in [2.05, 4.69) is 4.98 Å². The average molecular weight is 435 g/mol. The molecule has 0 aliphatic carbocycles. The number of nitrogens with zero attached hydrogens (tertiary/aromatic N) is 4. The number of fused-ring (bicyclic) bond motifs is 1. The van der Waals surface area contributed by atoms with Gasteiger partial charge in [-0.25, -0.2) is 8.42 Å². The van der Waals surface area contributed by atoms with Crippen LogP contribution in [0.5, 0.6) is 0 Å². The Hall–Kier alpha value is -3.28. The molecule has 31 heavy (non-hydrogen) atoms. The molecule has 1 amide bonds. The molecule has 1 aliphatic rings. The summed E-state index contributed by atoms with van der Waals surface area (Å²) in [5.41, 5.74) is 3.27. The molecule has 2 aromatic carbocycles. The van der Waals surface area contributed by atoms with Crippen LogP contribution in [0.2, 0.25) is 0 Å².